The van der Waals surface area contributed by atoms with Crippen LogP contribution in [0.15, 0.2) is 29.2 Å². The van der Waals surface area contributed by atoms with Crippen molar-refractivity contribution in [1.82, 2.24) is 5.32 Å². The van der Waals surface area contributed by atoms with Crippen LogP contribution in [0.3, 0.4) is 0 Å². The predicted molar refractivity (Wildman–Crippen MR) is 74.7 cm³/mol. The molecule has 0 aromatic heterocycles. The standard InChI is InChI=1S/C14H22FNOS/c1-3-16-12(2)6-4-5-11-18(17)14-9-7-13(15)8-10-14/h7-10,12,16H,3-6,11H2,1-2H3. The van der Waals surface area contributed by atoms with Crippen LogP contribution in [0.4, 0.5) is 4.39 Å². The van der Waals surface area contributed by atoms with Crippen LogP contribution in [0, 0.1) is 5.82 Å². The monoisotopic (exact) mass is 271 g/mol. The molecule has 4 heteroatoms. The summed E-state index contributed by atoms with van der Waals surface area (Å²) in [4.78, 5) is 0.719. The van der Waals surface area contributed by atoms with Gasteiger partial charge in [-0.3, -0.25) is 4.21 Å². The van der Waals surface area contributed by atoms with Crippen molar-refractivity contribution in [3.05, 3.63) is 30.1 Å². The molecule has 0 bridgehead atoms. The van der Waals surface area contributed by atoms with Crippen molar-refractivity contribution in [3.8, 4) is 0 Å². The third kappa shape index (κ3) is 5.74. The second kappa shape index (κ2) is 8.38. The summed E-state index contributed by atoms with van der Waals surface area (Å²) >= 11 is 0. The Kier molecular flexibility index (Phi) is 7.13. The Hall–Kier alpha value is -0.740. The van der Waals surface area contributed by atoms with Crippen molar-refractivity contribution < 1.29 is 8.60 Å². The first-order chi connectivity index (χ1) is 8.63. The van der Waals surface area contributed by atoms with Gasteiger partial charge in [0.1, 0.15) is 5.82 Å². The van der Waals surface area contributed by atoms with Gasteiger partial charge in [0.15, 0.2) is 0 Å². The van der Waals surface area contributed by atoms with E-state index in [-0.39, 0.29) is 5.82 Å². The molecule has 0 spiro atoms. The van der Waals surface area contributed by atoms with E-state index in [1.54, 1.807) is 12.1 Å². The van der Waals surface area contributed by atoms with Gasteiger partial charge in [-0.05, 0) is 50.6 Å². The molecule has 1 rings (SSSR count). The van der Waals surface area contributed by atoms with E-state index in [1.165, 1.54) is 12.1 Å². The highest BCUT2D eigenvalue weighted by atomic mass is 32.2. The van der Waals surface area contributed by atoms with Crippen molar-refractivity contribution in [3.63, 3.8) is 0 Å². The van der Waals surface area contributed by atoms with Gasteiger partial charge in [-0.2, -0.15) is 0 Å². The number of hydrogen-bond acceptors (Lipinski definition) is 2. The minimum absolute atomic E-state index is 0.282. The minimum atomic E-state index is -0.997. The molecular formula is C14H22FNOS. The molecule has 1 aromatic carbocycles. The summed E-state index contributed by atoms with van der Waals surface area (Å²) in [5, 5.41) is 3.35. The summed E-state index contributed by atoms with van der Waals surface area (Å²) in [5.41, 5.74) is 0. The first kappa shape index (κ1) is 15.3. The topological polar surface area (TPSA) is 29.1 Å². The maximum atomic E-state index is 12.7. The van der Waals surface area contributed by atoms with Crippen molar-refractivity contribution in [2.45, 2.75) is 44.0 Å². The van der Waals surface area contributed by atoms with Gasteiger partial charge in [0.05, 0.1) is 10.8 Å². The summed E-state index contributed by atoms with van der Waals surface area (Å²) in [6.07, 6.45) is 3.12. The first-order valence-electron chi connectivity index (χ1n) is 6.50. The van der Waals surface area contributed by atoms with Gasteiger partial charge in [0.2, 0.25) is 0 Å². The Balaban J connectivity index is 2.23. The van der Waals surface area contributed by atoms with Crippen LogP contribution in [-0.2, 0) is 10.8 Å². The van der Waals surface area contributed by atoms with E-state index >= 15 is 0 Å². The Morgan fingerprint density at radius 1 is 1.28 bits per heavy atom. The molecule has 2 nitrogen and oxygen atoms in total. The third-order valence-electron chi connectivity index (χ3n) is 2.85. The summed E-state index contributed by atoms with van der Waals surface area (Å²) < 4.78 is 24.6. The zero-order chi connectivity index (χ0) is 13.4. The molecular weight excluding hydrogens is 249 g/mol. The molecule has 0 saturated heterocycles. The molecule has 0 aliphatic carbocycles. The predicted octanol–water partition coefficient (Wildman–Crippen LogP) is 3.10. The van der Waals surface area contributed by atoms with Gasteiger partial charge < -0.3 is 5.32 Å². The van der Waals surface area contributed by atoms with E-state index in [0.29, 0.717) is 11.8 Å². The maximum absolute atomic E-state index is 12.7. The summed E-state index contributed by atoms with van der Waals surface area (Å²) in [7, 11) is -0.997. The van der Waals surface area contributed by atoms with Crippen molar-refractivity contribution in [2.24, 2.45) is 0 Å². The van der Waals surface area contributed by atoms with E-state index in [4.69, 9.17) is 0 Å². The normalized spacial score (nSPS) is 14.4. The largest absolute Gasteiger partial charge is 0.315 e. The number of benzene rings is 1. The second-order valence-corrected chi connectivity index (χ2v) is 6.03. The molecule has 2 atom stereocenters. The van der Waals surface area contributed by atoms with Gasteiger partial charge in [-0.15, -0.1) is 0 Å². The van der Waals surface area contributed by atoms with Gasteiger partial charge in [0.25, 0.3) is 0 Å². The van der Waals surface area contributed by atoms with Crippen LogP contribution in [0.2, 0.25) is 0 Å². The van der Waals surface area contributed by atoms with Crippen LogP contribution < -0.4 is 5.32 Å². The van der Waals surface area contributed by atoms with E-state index < -0.39 is 10.8 Å². The van der Waals surface area contributed by atoms with Crippen molar-refractivity contribution >= 4 is 10.8 Å². The Morgan fingerprint density at radius 3 is 2.56 bits per heavy atom. The lowest BCUT2D eigenvalue weighted by Gasteiger charge is -2.11. The third-order valence-corrected chi connectivity index (χ3v) is 4.30. The zero-order valence-corrected chi connectivity index (χ0v) is 11.9. The molecule has 2 unspecified atom stereocenters. The lowest BCUT2D eigenvalue weighted by atomic mass is 10.1. The molecule has 0 aliphatic heterocycles. The molecule has 0 saturated carbocycles. The lowest BCUT2D eigenvalue weighted by Crippen LogP contribution is -2.25. The SMILES string of the molecule is CCNC(C)CCCCS(=O)c1ccc(F)cc1. The van der Waals surface area contributed by atoms with Crippen LogP contribution >= 0.6 is 0 Å². The zero-order valence-electron chi connectivity index (χ0n) is 11.1. The van der Waals surface area contributed by atoms with Crippen LogP contribution in [0.1, 0.15) is 33.1 Å². The van der Waals surface area contributed by atoms with Gasteiger partial charge in [-0.1, -0.05) is 13.3 Å². The quantitative estimate of drug-likeness (QED) is 0.736. The van der Waals surface area contributed by atoms with E-state index in [0.717, 1.165) is 30.7 Å². The summed E-state index contributed by atoms with van der Waals surface area (Å²) in [5.74, 6) is 0.375. The van der Waals surface area contributed by atoms with Crippen molar-refractivity contribution in [2.75, 3.05) is 12.3 Å². The fraction of sp³-hybridized carbons (Fsp3) is 0.571. The highest BCUT2D eigenvalue weighted by Crippen LogP contribution is 2.10. The summed E-state index contributed by atoms with van der Waals surface area (Å²) in [6.45, 7) is 5.25. The molecule has 1 N–H and O–H groups in total. The molecule has 0 radical (unpaired) electrons. The lowest BCUT2D eigenvalue weighted by molar-refractivity contribution is 0.509. The minimum Gasteiger partial charge on any atom is -0.315 e. The Bertz CT molecular complexity index is 367. The number of nitrogens with one attached hydrogen (secondary N) is 1. The van der Waals surface area contributed by atoms with Crippen LogP contribution in [0.25, 0.3) is 0 Å². The number of rotatable bonds is 8. The van der Waals surface area contributed by atoms with Crippen LogP contribution in [-0.4, -0.2) is 22.5 Å². The van der Waals surface area contributed by atoms with Crippen LogP contribution in [0.5, 0.6) is 0 Å². The molecule has 0 amide bonds. The smallest absolute Gasteiger partial charge is 0.123 e. The fourth-order valence-corrected chi connectivity index (χ4v) is 2.98. The average Bonchev–Trinajstić information content (AvgIpc) is 2.35. The van der Waals surface area contributed by atoms with E-state index in [9.17, 15) is 8.60 Å². The number of unbranched alkanes of at least 4 members (excludes halogenated alkanes) is 1. The molecule has 1 aromatic rings. The Labute approximate surface area is 111 Å². The summed E-state index contributed by atoms with van der Waals surface area (Å²) in [6, 6.07) is 6.45. The molecule has 102 valence electrons. The van der Waals surface area contributed by atoms with Crippen molar-refractivity contribution in [1.29, 1.82) is 0 Å². The highest BCUT2D eigenvalue weighted by molar-refractivity contribution is 7.85. The average molecular weight is 271 g/mol. The maximum Gasteiger partial charge on any atom is 0.123 e. The van der Waals surface area contributed by atoms with Gasteiger partial charge in [0, 0.05) is 16.7 Å². The second-order valence-electron chi connectivity index (χ2n) is 4.46. The molecule has 0 heterocycles. The van der Waals surface area contributed by atoms with E-state index in [1.807, 2.05) is 0 Å². The van der Waals surface area contributed by atoms with E-state index in [2.05, 4.69) is 19.2 Å². The van der Waals surface area contributed by atoms with Gasteiger partial charge in [-0.25, -0.2) is 4.39 Å². The molecule has 18 heavy (non-hydrogen) atoms. The number of hydrogen-bond donors (Lipinski definition) is 1. The molecule has 0 fully saturated rings. The number of halogens is 1. The van der Waals surface area contributed by atoms with Gasteiger partial charge >= 0.3 is 0 Å². The fourth-order valence-electron chi connectivity index (χ4n) is 1.84. The Morgan fingerprint density at radius 2 is 1.94 bits per heavy atom. The highest BCUT2D eigenvalue weighted by Gasteiger charge is 2.05. The molecule has 0 aliphatic rings. The first-order valence-corrected chi connectivity index (χ1v) is 7.82.